The summed E-state index contributed by atoms with van der Waals surface area (Å²) >= 11 is 1.59. The first-order valence-electron chi connectivity index (χ1n) is 8.51. The van der Waals surface area contributed by atoms with Gasteiger partial charge in [0.05, 0.1) is 26.5 Å². The fraction of sp³-hybridized carbons (Fsp3) is 0.300. The Morgan fingerprint density at radius 3 is 2.56 bits per heavy atom. The van der Waals surface area contributed by atoms with E-state index in [4.69, 9.17) is 9.47 Å². The van der Waals surface area contributed by atoms with Crippen molar-refractivity contribution in [2.24, 2.45) is 0 Å². The van der Waals surface area contributed by atoms with Crippen molar-refractivity contribution in [2.75, 3.05) is 25.3 Å². The number of ether oxygens (including phenoxy) is 2. The summed E-state index contributed by atoms with van der Waals surface area (Å²) in [4.78, 5) is 25.5. The second kappa shape index (κ2) is 8.35. The lowest BCUT2D eigenvalue weighted by molar-refractivity contribution is -0.128. The molecule has 1 N–H and O–H groups in total. The molecule has 2 amide bonds. The van der Waals surface area contributed by atoms with E-state index in [0.717, 1.165) is 28.3 Å². The second-order valence-corrected chi connectivity index (χ2v) is 7.23. The molecule has 7 heteroatoms. The van der Waals surface area contributed by atoms with Crippen LogP contribution in [0.4, 0.5) is 5.69 Å². The Morgan fingerprint density at radius 1 is 1.19 bits per heavy atom. The van der Waals surface area contributed by atoms with Gasteiger partial charge in [0.25, 0.3) is 0 Å². The zero-order valence-corrected chi connectivity index (χ0v) is 16.3. The van der Waals surface area contributed by atoms with Gasteiger partial charge in [0.1, 0.15) is 16.9 Å². The number of thioether (sulfide) groups is 1. The van der Waals surface area contributed by atoms with Crippen LogP contribution < -0.4 is 14.8 Å². The predicted octanol–water partition coefficient (Wildman–Crippen LogP) is 3.44. The molecule has 0 spiro atoms. The zero-order valence-electron chi connectivity index (χ0n) is 15.5. The van der Waals surface area contributed by atoms with Crippen molar-refractivity contribution < 1.29 is 19.1 Å². The lowest BCUT2D eigenvalue weighted by Gasteiger charge is -2.25. The summed E-state index contributed by atoms with van der Waals surface area (Å²) < 4.78 is 10.7. The number of nitrogens with zero attached hydrogens (tertiary/aromatic N) is 1. The molecule has 0 saturated carbocycles. The van der Waals surface area contributed by atoms with Crippen molar-refractivity contribution in [3.8, 4) is 11.5 Å². The van der Waals surface area contributed by atoms with Crippen LogP contribution in [-0.2, 0) is 16.1 Å². The SMILES string of the molecule is COc1ccc(OC)c(CN2C(=O)CSC2c2ccc(NC(C)=O)cc2)c1. The van der Waals surface area contributed by atoms with Gasteiger partial charge in [-0.15, -0.1) is 11.8 Å². The van der Waals surface area contributed by atoms with Crippen LogP contribution in [0.3, 0.4) is 0 Å². The lowest BCUT2D eigenvalue weighted by atomic mass is 10.1. The minimum Gasteiger partial charge on any atom is -0.497 e. The highest BCUT2D eigenvalue weighted by molar-refractivity contribution is 8.00. The highest BCUT2D eigenvalue weighted by Crippen LogP contribution is 2.41. The zero-order chi connectivity index (χ0) is 19.4. The van der Waals surface area contributed by atoms with Crippen LogP contribution in [0.2, 0.25) is 0 Å². The fourth-order valence-electron chi connectivity index (χ4n) is 3.02. The van der Waals surface area contributed by atoms with Crippen molar-refractivity contribution in [3.05, 3.63) is 53.6 Å². The Bertz CT molecular complexity index is 838. The van der Waals surface area contributed by atoms with E-state index in [0.29, 0.717) is 12.3 Å². The maximum atomic E-state index is 12.5. The molecule has 3 rings (SSSR count). The van der Waals surface area contributed by atoms with Gasteiger partial charge in [0, 0.05) is 18.2 Å². The smallest absolute Gasteiger partial charge is 0.234 e. The molecule has 1 atom stereocenters. The van der Waals surface area contributed by atoms with Gasteiger partial charge in [-0.25, -0.2) is 0 Å². The van der Waals surface area contributed by atoms with Crippen LogP contribution in [0.5, 0.6) is 11.5 Å². The molecule has 1 aliphatic heterocycles. The highest BCUT2D eigenvalue weighted by atomic mass is 32.2. The minimum absolute atomic E-state index is 0.0835. The number of rotatable bonds is 6. The number of benzene rings is 2. The number of methoxy groups -OCH3 is 2. The Labute approximate surface area is 162 Å². The van der Waals surface area contributed by atoms with Crippen LogP contribution in [0.15, 0.2) is 42.5 Å². The molecule has 1 saturated heterocycles. The quantitative estimate of drug-likeness (QED) is 0.824. The van der Waals surface area contributed by atoms with Gasteiger partial charge in [0.2, 0.25) is 11.8 Å². The van der Waals surface area contributed by atoms with E-state index >= 15 is 0 Å². The molecule has 1 heterocycles. The Balaban J connectivity index is 1.84. The molecule has 142 valence electrons. The Hall–Kier alpha value is -2.67. The standard InChI is InChI=1S/C20H22N2O4S/c1-13(23)21-16-6-4-14(5-7-16)20-22(19(24)12-27-20)11-15-10-17(25-2)8-9-18(15)26-3/h4-10,20H,11-12H2,1-3H3,(H,21,23). The van der Waals surface area contributed by atoms with E-state index in [9.17, 15) is 9.59 Å². The summed E-state index contributed by atoms with van der Waals surface area (Å²) in [5.74, 6) is 1.85. The van der Waals surface area contributed by atoms with Crippen LogP contribution in [-0.4, -0.2) is 36.7 Å². The predicted molar refractivity (Wildman–Crippen MR) is 106 cm³/mol. The van der Waals surface area contributed by atoms with Crippen molar-refractivity contribution in [3.63, 3.8) is 0 Å². The first-order chi connectivity index (χ1) is 13.0. The summed E-state index contributed by atoms with van der Waals surface area (Å²) in [7, 11) is 3.23. The maximum absolute atomic E-state index is 12.5. The van der Waals surface area contributed by atoms with Crippen LogP contribution >= 0.6 is 11.8 Å². The third-order valence-corrected chi connectivity index (χ3v) is 5.57. The van der Waals surface area contributed by atoms with Gasteiger partial charge in [-0.1, -0.05) is 12.1 Å². The number of nitrogens with one attached hydrogen (secondary N) is 1. The van der Waals surface area contributed by atoms with Crippen molar-refractivity contribution >= 4 is 29.3 Å². The summed E-state index contributed by atoms with van der Waals surface area (Å²) in [6.07, 6.45) is 0. The number of hydrogen-bond acceptors (Lipinski definition) is 5. The largest absolute Gasteiger partial charge is 0.497 e. The van der Waals surface area contributed by atoms with Crippen LogP contribution in [0, 0.1) is 0 Å². The maximum Gasteiger partial charge on any atom is 0.234 e. The summed E-state index contributed by atoms with van der Waals surface area (Å²) in [5.41, 5.74) is 2.65. The third kappa shape index (κ3) is 4.36. The van der Waals surface area contributed by atoms with Crippen molar-refractivity contribution in [1.82, 2.24) is 4.90 Å². The molecule has 2 aromatic rings. The van der Waals surface area contributed by atoms with E-state index in [1.807, 2.05) is 47.4 Å². The van der Waals surface area contributed by atoms with Crippen molar-refractivity contribution in [2.45, 2.75) is 18.8 Å². The number of carbonyl (C=O) groups is 2. The van der Waals surface area contributed by atoms with E-state index in [-0.39, 0.29) is 17.2 Å². The van der Waals surface area contributed by atoms with Gasteiger partial charge in [-0.3, -0.25) is 9.59 Å². The Morgan fingerprint density at radius 2 is 1.93 bits per heavy atom. The third-order valence-electron chi connectivity index (χ3n) is 4.31. The van der Waals surface area contributed by atoms with Gasteiger partial charge in [-0.05, 0) is 35.9 Å². The van der Waals surface area contributed by atoms with Gasteiger partial charge in [-0.2, -0.15) is 0 Å². The topological polar surface area (TPSA) is 67.9 Å². The number of carbonyl (C=O) groups excluding carboxylic acids is 2. The van der Waals surface area contributed by atoms with Gasteiger partial charge >= 0.3 is 0 Å². The number of anilines is 1. The molecule has 1 fully saturated rings. The van der Waals surface area contributed by atoms with Crippen LogP contribution in [0.25, 0.3) is 0 Å². The summed E-state index contributed by atoms with van der Waals surface area (Å²) in [5, 5.41) is 2.67. The average Bonchev–Trinajstić information content (AvgIpc) is 3.02. The first kappa shape index (κ1) is 19.1. The van der Waals surface area contributed by atoms with Crippen molar-refractivity contribution in [1.29, 1.82) is 0 Å². The van der Waals surface area contributed by atoms with Gasteiger partial charge in [0.15, 0.2) is 0 Å². The van der Waals surface area contributed by atoms with E-state index in [2.05, 4.69) is 5.32 Å². The number of hydrogen-bond donors (Lipinski definition) is 1. The molecular weight excluding hydrogens is 364 g/mol. The van der Waals surface area contributed by atoms with Crippen LogP contribution in [0.1, 0.15) is 23.4 Å². The normalized spacial score (nSPS) is 16.3. The second-order valence-electron chi connectivity index (χ2n) is 6.17. The molecule has 0 radical (unpaired) electrons. The lowest BCUT2D eigenvalue weighted by Crippen LogP contribution is -2.27. The monoisotopic (exact) mass is 386 g/mol. The summed E-state index contributed by atoms with van der Waals surface area (Å²) in [6, 6.07) is 13.2. The molecule has 2 aromatic carbocycles. The van der Waals surface area contributed by atoms with E-state index in [1.165, 1.54) is 6.92 Å². The molecule has 0 bridgehead atoms. The molecule has 1 aliphatic rings. The van der Waals surface area contributed by atoms with Gasteiger partial charge < -0.3 is 19.7 Å². The summed E-state index contributed by atoms with van der Waals surface area (Å²) in [6.45, 7) is 1.91. The molecule has 0 aromatic heterocycles. The first-order valence-corrected chi connectivity index (χ1v) is 9.56. The average molecular weight is 386 g/mol. The molecule has 27 heavy (non-hydrogen) atoms. The highest BCUT2D eigenvalue weighted by Gasteiger charge is 2.33. The minimum atomic E-state index is -0.111. The molecular formula is C20H22N2O4S. The Kier molecular flexibility index (Phi) is 5.91. The molecule has 1 unspecified atom stereocenters. The van der Waals surface area contributed by atoms with E-state index < -0.39 is 0 Å². The number of amides is 2. The fourth-order valence-corrected chi connectivity index (χ4v) is 4.21. The van der Waals surface area contributed by atoms with E-state index in [1.54, 1.807) is 26.0 Å². The molecule has 0 aliphatic carbocycles. The molecule has 6 nitrogen and oxygen atoms in total.